The third-order valence-electron chi connectivity index (χ3n) is 5.47. The molecule has 2 fully saturated rings. The SMILES string of the molecule is O=C(O)[C@@H]1[C@H](C(=O)Nc2ccccc2)[C@@H]2C=C[C@@H]1C21CC1. The van der Waals surface area contributed by atoms with Crippen LogP contribution < -0.4 is 5.32 Å². The van der Waals surface area contributed by atoms with Gasteiger partial charge in [0.2, 0.25) is 5.91 Å². The molecule has 0 heterocycles. The summed E-state index contributed by atoms with van der Waals surface area (Å²) in [6.07, 6.45) is 6.21. The van der Waals surface area contributed by atoms with Crippen LogP contribution >= 0.6 is 0 Å². The number of allylic oxidation sites excluding steroid dienone is 2. The number of nitrogens with one attached hydrogen (secondary N) is 1. The minimum absolute atomic E-state index is 0.0338. The lowest BCUT2D eigenvalue weighted by molar-refractivity contribution is -0.146. The highest BCUT2D eigenvalue weighted by Gasteiger charge is 2.70. The van der Waals surface area contributed by atoms with E-state index in [0.717, 1.165) is 18.5 Å². The highest BCUT2D eigenvalue weighted by molar-refractivity contribution is 5.96. The van der Waals surface area contributed by atoms with Crippen LogP contribution in [0.4, 0.5) is 5.69 Å². The zero-order valence-electron chi connectivity index (χ0n) is 11.5. The number of carbonyl (C=O) groups is 2. The molecule has 2 saturated carbocycles. The summed E-state index contributed by atoms with van der Waals surface area (Å²) < 4.78 is 0. The molecule has 3 aliphatic rings. The Morgan fingerprint density at radius 3 is 2.24 bits per heavy atom. The van der Waals surface area contributed by atoms with Crippen molar-refractivity contribution in [1.29, 1.82) is 0 Å². The molecule has 1 aromatic carbocycles. The number of para-hydroxylation sites is 1. The number of hydrogen-bond acceptors (Lipinski definition) is 2. The third-order valence-corrected chi connectivity index (χ3v) is 5.47. The molecule has 2 N–H and O–H groups in total. The van der Waals surface area contributed by atoms with E-state index in [1.165, 1.54) is 0 Å². The summed E-state index contributed by atoms with van der Waals surface area (Å²) >= 11 is 0. The van der Waals surface area contributed by atoms with Crippen molar-refractivity contribution in [1.82, 2.24) is 0 Å². The molecule has 4 rings (SSSR count). The predicted octanol–water partition coefficient (Wildman–Crippen LogP) is 2.54. The van der Waals surface area contributed by atoms with Crippen LogP contribution in [0.5, 0.6) is 0 Å². The zero-order valence-corrected chi connectivity index (χ0v) is 11.5. The van der Waals surface area contributed by atoms with Gasteiger partial charge in [-0.2, -0.15) is 0 Å². The Kier molecular flexibility index (Phi) is 2.52. The molecule has 4 atom stereocenters. The van der Waals surface area contributed by atoms with Gasteiger partial charge in [-0.3, -0.25) is 9.59 Å². The van der Waals surface area contributed by atoms with Crippen molar-refractivity contribution in [3.63, 3.8) is 0 Å². The van der Waals surface area contributed by atoms with E-state index in [1.807, 2.05) is 36.4 Å². The second-order valence-corrected chi connectivity index (χ2v) is 6.41. The van der Waals surface area contributed by atoms with Crippen LogP contribution in [0, 0.1) is 29.1 Å². The average Bonchev–Trinajstić information content (AvgIpc) is 3.13. The quantitative estimate of drug-likeness (QED) is 0.838. The van der Waals surface area contributed by atoms with Crippen LogP contribution in [0.2, 0.25) is 0 Å². The van der Waals surface area contributed by atoms with Crippen LogP contribution in [0.3, 0.4) is 0 Å². The number of carboxylic acid groups (broad SMARTS) is 1. The Morgan fingerprint density at radius 1 is 1.05 bits per heavy atom. The third kappa shape index (κ3) is 1.68. The molecule has 4 heteroatoms. The van der Waals surface area contributed by atoms with Gasteiger partial charge in [0.05, 0.1) is 11.8 Å². The molecule has 4 nitrogen and oxygen atoms in total. The lowest BCUT2D eigenvalue weighted by Gasteiger charge is -2.23. The molecule has 1 aromatic rings. The molecule has 1 spiro atoms. The van der Waals surface area contributed by atoms with Crippen LogP contribution in [-0.4, -0.2) is 17.0 Å². The van der Waals surface area contributed by atoms with Gasteiger partial charge in [-0.05, 0) is 42.2 Å². The maximum absolute atomic E-state index is 12.6. The summed E-state index contributed by atoms with van der Waals surface area (Å²) in [5.41, 5.74) is 0.796. The second kappa shape index (κ2) is 4.20. The van der Waals surface area contributed by atoms with E-state index in [0.29, 0.717) is 0 Å². The Balaban J connectivity index is 1.63. The summed E-state index contributed by atoms with van der Waals surface area (Å²) in [5, 5.41) is 12.4. The van der Waals surface area contributed by atoms with E-state index in [4.69, 9.17) is 0 Å². The van der Waals surface area contributed by atoms with Crippen molar-refractivity contribution in [3.8, 4) is 0 Å². The molecule has 1 amide bonds. The summed E-state index contributed by atoms with van der Waals surface area (Å²) in [7, 11) is 0. The Hall–Kier alpha value is -2.10. The van der Waals surface area contributed by atoms with Gasteiger partial charge in [-0.25, -0.2) is 0 Å². The minimum atomic E-state index is -0.841. The first-order chi connectivity index (χ1) is 10.1. The Bertz CT molecular complexity index is 633. The summed E-state index contributed by atoms with van der Waals surface area (Å²) in [6, 6.07) is 9.24. The van der Waals surface area contributed by atoms with Gasteiger partial charge in [-0.15, -0.1) is 0 Å². The van der Waals surface area contributed by atoms with Crippen molar-refractivity contribution in [3.05, 3.63) is 42.5 Å². The lowest BCUT2D eigenvalue weighted by Crippen LogP contribution is -2.36. The van der Waals surface area contributed by atoms with Crippen molar-refractivity contribution >= 4 is 17.6 Å². The van der Waals surface area contributed by atoms with E-state index >= 15 is 0 Å². The monoisotopic (exact) mass is 283 g/mol. The molecule has 0 aromatic heterocycles. The fourth-order valence-corrected chi connectivity index (χ4v) is 4.44. The molecule has 21 heavy (non-hydrogen) atoms. The van der Waals surface area contributed by atoms with E-state index in [9.17, 15) is 14.7 Å². The predicted molar refractivity (Wildman–Crippen MR) is 77.5 cm³/mol. The van der Waals surface area contributed by atoms with Gasteiger partial charge in [0.15, 0.2) is 0 Å². The largest absolute Gasteiger partial charge is 0.481 e. The summed E-state index contributed by atoms with van der Waals surface area (Å²) in [6.45, 7) is 0. The second-order valence-electron chi connectivity index (χ2n) is 6.41. The van der Waals surface area contributed by atoms with Gasteiger partial charge in [-0.1, -0.05) is 30.4 Å². The molecule has 0 unspecified atom stereocenters. The summed E-state index contributed by atoms with van der Waals surface area (Å²) in [4.78, 5) is 24.3. The number of carbonyl (C=O) groups excluding carboxylic acids is 1. The topological polar surface area (TPSA) is 66.4 Å². The van der Waals surface area contributed by atoms with E-state index in [2.05, 4.69) is 11.4 Å². The molecule has 2 bridgehead atoms. The van der Waals surface area contributed by atoms with Crippen LogP contribution in [-0.2, 0) is 9.59 Å². The Labute approximate surface area is 122 Å². The maximum Gasteiger partial charge on any atom is 0.307 e. The van der Waals surface area contributed by atoms with Crippen molar-refractivity contribution in [2.45, 2.75) is 12.8 Å². The number of anilines is 1. The van der Waals surface area contributed by atoms with Crippen molar-refractivity contribution < 1.29 is 14.7 Å². The zero-order chi connectivity index (χ0) is 14.6. The van der Waals surface area contributed by atoms with E-state index < -0.39 is 17.8 Å². The number of amides is 1. The van der Waals surface area contributed by atoms with Gasteiger partial charge >= 0.3 is 5.97 Å². The Morgan fingerprint density at radius 2 is 1.67 bits per heavy atom. The minimum Gasteiger partial charge on any atom is -0.481 e. The molecule has 0 radical (unpaired) electrons. The van der Waals surface area contributed by atoms with Gasteiger partial charge in [0.25, 0.3) is 0 Å². The molecule has 108 valence electrons. The number of aliphatic carboxylic acids is 1. The van der Waals surface area contributed by atoms with E-state index in [-0.39, 0.29) is 23.2 Å². The van der Waals surface area contributed by atoms with E-state index in [1.54, 1.807) is 0 Å². The first-order valence-electron chi connectivity index (χ1n) is 7.40. The smallest absolute Gasteiger partial charge is 0.307 e. The van der Waals surface area contributed by atoms with Crippen LogP contribution in [0.25, 0.3) is 0 Å². The highest BCUT2D eigenvalue weighted by Crippen LogP contribution is 2.72. The fraction of sp³-hybridized carbons (Fsp3) is 0.412. The maximum atomic E-state index is 12.6. The number of hydrogen-bond donors (Lipinski definition) is 2. The first-order valence-corrected chi connectivity index (χ1v) is 7.40. The molecule has 0 saturated heterocycles. The first kappa shape index (κ1) is 12.6. The van der Waals surface area contributed by atoms with Crippen molar-refractivity contribution in [2.75, 3.05) is 5.32 Å². The molecular formula is C17H17NO3. The van der Waals surface area contributed by atoms with Gasteiger partial charge in [0.1, 0.15) is 0 Å². The molecule has 0 aliphatic heterocycles. The number of carboxylic acids is 1. The highest BCUT2D eigenvalue weighted by atomic mass is 16.4. The van der Waals surface area contributed by atoms with Crippen molar-refractivity contribution in [2.24, 2.45) is 29.1 Å². The lowest BCUT2D eigenvalue weighted by atomic mass is 9.82. The molecule has 3 aliphatic carbocycles. The summed E-state index contributed by atoms with van der Waals surface area (Å²) in [5.74, 6) is -1.90. The standard InChI is InChI=1S/C17H17NO3/c19-15(18-10-4-2-1-3-5-10)13-11-6-7-12(14(13)16(20)21)17(11)8-9-17/h1-7,11-14H,8-9H2,(H,18,19)(H,20,21)/t11-,12-,13+,14-/m0/s1. The van der Waals surface area contributed by atoms with Crippen LogP contribution in [0.15, 0.2) is 42.5 Å². The number of rotatable bonds is 3. The normalized spacial score (nSPS) is 34.1. The van der Waals surface area contributed by atoms with Gasteiger partial charge < -0.3 is 10.4 Å². The number of benzene rings is 1. The van der Waals surface area contributed by atoms with Crippen LogP contribution in [0.1, 0.15) is 12.8 Å². The van der Waals surface area contributed by atoms with Gasteiger partial charge in [0, 0.05) is 5.69 Å². The average molecular weight is 283 g/mol. The molecular weight excluding hydrogens is 266 g/mol. The fourth-order valence-electron chi connectivity index (χ4n) is 4.44.